The standard InChI is InChI=1S/C21H17ClN4O/c1-13-15(8-5-9-16(13)22)18-17(27-11-14-6-3-2-4-7-14)10-24-20-19(18)25-12-26-21(20)23/h2-10,12H,11H2,1H3,(H2,23,25,26). The van der Waals surface area contributed by atoms with Crippen molar-refractivity contribution in [2.24, 2.45) is 0 Å². The number of nitrogen functional groups attached to an aromatic ring is 1. The van der Waals surface area contributed by atoms with E-state index in [2.05, 4.69) is 15.0 Å². The summed E-state index contributed by atoms with van der Waals surface area (Å²) in [7, 11) is 0. The molecule has 134 valence electrons. The van der Waals surface area contributed by atoms with Crippen LogP contribution in [0.4, 0.5) is 5.82 Å². The Hall–Kier alpha value is -3.18. The summed E-state index contributed by atoms with van der Waals surface area (Å²) in [5.41, 5.74) is 10.9. The summed E-state index contributed by atoms with van der Waals surface area (Å²) in [6, 6.07) is 15.7. The van der Waals surface area contributed by atoms with Crippen LogP contribution in [0.2, 0.25) is 5.02 Å². The van der Waals surface area contributed by atoms with Crippen molar-refractivity contribution >= 4 is 28.5 Å². The third kappa shape index (κ3) is 3.29. The summed E-state index contributed by atoms with van der Waals surface area (Å²) >= 11 is 6.36. The second-order valence-electron chi connectivity index (χ2n) is 6.14. The van der Waals surface area contributed by atoms with E-state index >= 15 is 0 Å². The molecular weight excluding hydrogens is 360 g/mol. The van der Waals surface area contributed by atoms with Gasteiger partial charge in [-0.15, -0.1) is 0 Å². The number of hydrogen-bond donors (Lipinski definition) is 1. The maximum absolute atomic E-state index is 6.36. The molecule has 4 aromatic rings. The van der Waals surface area contributed by atoms with Crippen LogP contribution in [0.25, 0.3) is 22.2 Å². The van der Waals surface area contributed by atoms with E-state index in [0.717, 1.165) is 22.3 Å². The Morgan fingerprint density at radius 1 is 0.963 bits per heavy atom. The fraction of sp³-hybridized carbons (Fsp3) is 0.0952. The number of hydrogen-bond acceptors (Lipinski definition) is 5. The van der Waals surface area contributed by atoms with Crippen molar-refractivity contribution in [3.05, 3.63) is 77.2 Å². The predicted octanol–water partition coefficient (Wildman–Crippen LogP) is 4.81. The van der Waals surface area contributed by atoms with Gasteiger partial charge in [0.05, 0.1) is 11.8 Å². The maximum Gasteiger partial charge on any atom is 0.153 e. The lowest BCUT2D eigenvalue weighted by Crippen LogP contribution is -2.02. The Labute approximate surface area is 161 Å². The first-order valence-electron chi connectivity index (χ1n) is 8.46. The van der Waals surface area contributed by atoms with E-state index in [1.54, 1.807) is 6.20 Å². The summed E-state index contributed by atoms with van der Waals surface area (Å²) in [6.45, 7) is 2.39. The highest BCUT2D eigenvalue weighted by Gasteiger charge is 2.18. The van der Waals surface area contributed by atoms with Crippen molar-refractivity contribution in [1.29, 1.82) is 0 Å². The zero-order chi connectivity index (χ0) is 18.8. The number of nitrogens with two attached hydrogens (primary N) is 1. The summed E-state index contributed by atoms with van der Waals surface area (Å²) in [4.78, 5) is 12.9. The number of anilines is 1. The van der Waals surface area contributed by atoms with Gasteiger partial charge in [-0.25, -0.2) is 15.0 Å². The SMILES string of the molecule is Cc1c(Cl)cccc1-c1c(OCc2ccccc2)cnc2c(N)ncnc12. The maximum atomic E-state index is 6.36. The Kier molecular flexibility index (Phi) is 4.60. The van der Waals surface area contributed by atoms with Gasteiger partial charge in [0, 0.05) is 5.02 Å². The van der Waals surface area contributed by atoms with Gasteiger partial charge in [-0.3, -0.25) is 0 Å². The number of aromatic nitrogens is 3. The average molecular weight is 377 g/mol. The van der Waals surface area contributed by atoms with Crippen LogP contribution in [0.5, 0.6) is 5.75 Å². The van der Waals surface area contributed by atoms with Gasteiger partial charge in [-0.05, 0) is 29.7 Å². The monoisotopic (exact) mass is 376 g/mol. The van der Waals surface area contributed by atoms with Gasteiger partial charge in [-0.1, -0.05) is 54.1 Å². The summed E-state index contributed by atoms with van der Waals surface area (Å²) in [6.07, 6.45) is 3.10. The molecule has 0 aliphatic heterocycles. The van der Waals surface area contributed by atoms with E-state index in [9.17, 15) is 0 Å². The van der Waals surface area contributed by atoms with Gasteiger partial charge in [0.2, 0.25) is 0 Å². The molecule has 5 nitrogen and oxygen atoms in total. The number of benzene rings is 2. The van der Waals surface area contributed by atoms with Gasteiger partial charge in [0.1, 0.15) is 29.7 Å². The first-order chi connectivity index (χ1) is 13.1. The number of nitrogens with zero attached hydrogens (tertiary/aromatic N) is 3. The van der Waals surface area contributed by atoms with Crippen LogP contribution in [-0.2, 0) is 6.61 Å². The minimum atomic E-state index is 0.329. The Balaban J connectivity index is 1.89. The fourth-order valence-electron chi connectivity index (χ4n) is 2.99. The largest absolute Gasteiger partial charge is 0.487 e. The second kappa shape index (κ2) is 7.21. The molecule has 2 heterocycles. The molecule has 0 atom stereocenters. The fourth-order valence-corrected chi connectivity index (χ4v) is 3.16. The minimum Gasteiger partial charge on any atom is -0.487 e. The van der Waals surface area contributed by atoms with E-state index in [0.29, 0.717) is 34.2 Å². The van der Waals surface area contributed by atoms with E-state index < -0.39 is 0 Å². The molecule has 0 aliphatic rings. The molecule has 2 aromatic heterocycles. The van der Waals surface area contributed by atoms with Crippen LogP contribution >= 0.6 is 11.6 Å². The molecular formula is C21H17ClN4O. The lowest BCUT2D eigenvalue weighted by atomic mass is 9.99. The molecule has 0 bridgehead atoms. The number of pyridine rings is 1. The lowest BCUT2D eigenvalue weighted by molar-refractivity contribution is 0.307. The third-order valence-corrected chi connectivity index (χ3v) is 4.83. The highest BCUT2D eigenvalue weighted by Crippen LogP contribution is 2.39. The number of ether oxygens (including phenoxy) is 1. The van der Waals surface area contributed by atoms with Crippen molar-refractivity contribution in [3.63, 3.8) is 0 Å². The van der Waals surface area contributed by atoms with E-state index in [4.69, 9.17) is 22.1 Å². The molecule has 0 fully saturated rings. The van der Waals surface area contributed by atoms with Gasteiger partial charge < -0.3 is 10.5 Å². The molecule has 6 heteroatoms. The Morgan fingerprint density at radius 3 is 2.59 bits per heavy atom. The van der Waals surface area contributed by atoms with Gasteiger partial charge in [-0.2, -0.15) is 0 Å². The zero-order valence-electron chi connectivity index (χ0n) is 14.7. The van der Waals surface area contributed by atoms with Crippen LogP contribution in [0.1, 0.15) is 11.1 Å². The normalized spacial score (nSPS) is 10.9. The third-order valence-electron chi connectivity index (χ3n) is 4.42. The molecule has 2 aromatic carbocycles. The molecule has 0 saturated heterocycles. The average Bonchev–Trinajstić information content (AvgIpc) is 2.69. The summed E-state index contributed by atoms with van der Waals surface area (Å²) in [5, 5.41) is 0.675. The Bertz CT molecular complexity index is 1120. The summed E-state index contributed by atoms with van der Waals surface area (Å²) in [5.74, 6) is 0.949. The first-order valence-corrected chi connectivity index (χ1v) is 8.84. The lowest BCUT2D eigenvalue weighted by Gasteiger charge is -2.16. The van der Waals surface area contributed by atoms with E-state index in [1.165, 1.54) is 6.33 Å². The molecule has 4 rings (SSSR count). The molecule has 0 radical (unpaired) electrons. The first kappa shape index (κ1) is 17.2. The van der Waals surface area contributed by atoms with E-state index in [1.807, 2.05) is 55.5 Å². The van der Waals surface area contributed by atoms with Crippen molar-refractivity contribution in [1.82, 2.24) is 15.0 Å². The van der Waals surface area contributed by atoms with E-state index in [-0.39, 0.29) is 0 Å². The molecule has 0 spiro atoms. The van der Waals surface area contributed by atoms with Crippen LogP contribution in [0, 0.1) is 6.92 Å². The molecule has 0 aliphatic carbocycles. The smallest absolute Gasteiger partial charge is 0.153 e. The predicted molar refractivity (Wildman–Crippen MR) is 108 cm³/mol. The van der Waals surface area contributed by atoms with Gasteiger partial charge in [0.15, 0.2) is 5.82 Å². The van der Waals surface area contributed by atoms with Gasteiger partial charge in [0.25, 0.3) is 0 Å². The van der Waals surface area contributed by atoms with Crippen LogP contribution in [0.3, 0.4) is 0 Å². The molecule has 0 unspecified atom stereocenters. The molecule has 2 N–H and O–H groups in total. The van der Waals surface area contributed by atoms with Crippen LogP contribution in [-0.4, -0.2) is 15.0 Å². The van der Waals surface area contributed by atoms with Crippen LogP contribution < -0.4 is 10.5 Å². The highest BCUT2D eigenvalue weighted by molar-refractivity contribution is 6.31. The number of rotatable bonds is 4. The molecule has 0 amide bonds. The molecule has 0 saturated carbocycles. The van der Waals surface area contributed by atoms with Crippen molar-refractivity contribution in [2.45, 2.75) is 13.5 Å². The Morgan fingerprint density at radius 2 is 1.78 bits per heavy atom. The zero-order valence-corrected chi connectivity index (χ0v) is 15.4. The topological polar surface area (TPSA) is 73.9 Å². The number of halogens is 1. The van der Waals surface area contributed by atoms with Crippen molar-refractivity contribution in [2.75, 3.05) is 5.73 Å². The number of fused-ring (bicyclic) bond motifs is 1. The van der Waals surface area contributed by atoms with Crippen molar-refractivity contribution < 1.29 is 4.74 Å². The minimum absolute atomic E-state index is 0.329. The van der Waals surface area contributed by atoms with Crippen LogP contribution in [0.15, 0.2) is 61.1 Å². The van der Waals surface area contributed by atoms with Crippen molar-refractivity contribution in [3.8, 4) is 16.9 Å². The second-order valence-corrected chi connectivity index (χ2v) is 6.55. The van der Waals surface area contributed by atoms with Gasteiger partial charge >= 0.3 is 0 Å². The molecule has 27 heavy (non-hydrogen) atoms. The summed E-state index contributed by atoms with van der Waals surface area (Å²) < 4.78 is 6.11. The highest BCUT2D eigenvalue weighted by atomic mass is 35.5. The quantitative estimate of drug-likeness (QED) is 0.553.